The smallest absolute Gasteiger partial charge is 0.227 e. The van der Waals surface area contributed by atoms with Crippen molar-refractivity contribution in [3.8, 4) is 11.5 Å². The Hall–Kier alpha value is -3.00. The summed E-state index contributed by atoms with van der Waals surface area (Å²) in [4.78, 5) is 29.7. The SMILES string of the molecule is Cc1ccc(C(CNC(=O)C2CC(=O)N(c3ccc4c(c3)OCCO4)C2)N2CCCC2)o1. The van der Waals surface area contributed by atoms with Crippen molar-refractivity contribution >= 4 is 17.5 Å². The fourth-order valence-electron chi connectivity index (χ4n) is 4.77. The molecule has 2 aromatic rings. The van der Waals surface area contributed by atoms with E-state index in [9.17, 15) is 9.59 Å². The van der Waals surface area contributed by atoms with Gasteiger partial charge in [0.1, 0.15) is 24.7 Å². The monoisotopic (exact) mass is 439 g/mol. The molecule has 8 heteroatoms. The quantitative estimate of drug-likeness (QED) is 0.745. The van der Waals surface area contributed by atoms with E-state index in [-0.39, 0.29) is 30.2 Å². The zero-order valence-electron chi connectivity index (χ0n) is 18.3. The van der Waals surface area contributed by atoms with E-state index in [1.807, 2.05) is 37.3 Å². The van der Waals surface area contributed by atoms with Crippen molar-refractivity contribution in [2.75, 3.05) is 44.3 Å². The van der Waals surface area contributed by atoms with Crippen molar-refractivity contribution in [3.63, 3.8) is 0 Å². The molecule has 3 aliphatic rings. The molecule has 170 valence electrons. The normalized spacial score (nSPS) is 21.7. The van der Waals surface area contributed by atoms with Gasteiger partial charge in [-0.2, -0.15) is 0 Å². The van der Waals surface area contributed by atoms with E-state index in [0.717, 1.165) is 43.1 Å². The van der Waals surface area contributed by atoms with Gasteiger partial charge >= 0.3 is 0 Å². The summed E-state index contributed by atoms with van der Waals surface area (Å²) in [6.07, 6.45) is 2.52. The van der Waals surface area contributed by atoms with Crippen LogP contribution in [0.5, 0.6) is 11.5 Å². The molecule has 0 aliphatic carbocycles. The van der Waals surface area contributed by atoms with E-state index in [2.05, 4.69) is 10.2 Å². The lowest BCUT2D eigenvalue weighted by Gasteiger charge is -2.26. The van der Waals surface area contributed by atoms with Gasteiger partial charge in [0, 0.05) is 31.3 Å². The second-order valence-electron chi connectivity index (χ2n) is 8.69. The van der Waals surface area contributed by atoms with Gasteiger partial charge in [-0.1, -0.05) is 0 Å². The van der Waals surface area contributed by atoms with E-state index >= 15 is 0 Å². The van der Waals surface area contributed by atoms with E-state index in [4.69, 9.17) is 13.9 Å². The van der Waals surface area contributed by atoms with Crippen LogP contribution in [0.4, 0.5) is 5.69 Å². The van der Waals surface area contributed by atoms with Gasteiger partial charge in [0.25, 0.3) is 0 Å². The van der Waals surface area contributed by atoms with Crippen molar-refractivity contribution < 1.29 is 23.5 Å². The Balaban J connectivity index is 1.23. The molecule has 1 aromatic carbocycles. The predicted octanol–water partition coefficient (Wildman–Crippen LogP) is 2.67. The largest absolute Gasteiger partial charge is 0.486 e. The van der Waals surface area contributed by atoms with Crippen LogP contribution in [0.25, 0.3) is 0 Å². The Morgan fingerprint density at radius 2 is 1.91 bits per heavy atom. The molecule has 2 unspecified atom stereocenters. The second-order valence-corrected chi connectivity index (χ2v) is 8.69. The van der Waals surface area contributed by atoms with Gasteiger partial charge in [-0.05, 0) is 57.1 Å². The molecule has 3 aliphatic heterocycles. The summed E-state index contributed by atoms with van der Waals surface area (Å²) in [5.74, 6) is 2.54. The van der Waals surface area contributed by atoms with Gasteiger partial charge in [-0.3, -0.25) is 14.5 Å². The highest BCUT2D eigenvalue weighted by atomic mass is 16.6. The second kappa shape index (κ2) is 8.86. The third-order valence-electron chi connectivity index (χ3n) is 6.47. The van der Waals surface area contributed by atoms with Crippen LogP contribution in [0.2, 0.25) is 0 Å². The molecule has 0 radical (unpaired) electrons. The zero-order valence-corrected chi connectivity index (χ0v) is 18.3. The number of likely N-dealkylation sites (tertiary alicyclic amines) is 1. The average molecular weight is 440 g/mol. The van der Waals surface area contributed by atoms with Gasteiger partial charge < -0.3 is 24.1 Å². The molecule has 0 spiro atoms. The summed E-state index contributed by atoms with van der Waals surface area (Å²) in [6, 6.07) is 9.44. The minimum absolute atomic E-state index is 0.0150. The van der Waals surface area contributed by atoms with Gasteiger partial charge in [0.2, 0.25) is 11.8 Å². The van der Waals surface area contributed by atoms with Crippen LogP contribution in [-0.4, -0.2) is 56.1 Å². The molecule has 0 bridgehead atoms. The van der Waals surface area contributed by atoms with Gasteiger partial charge in [-0.15, -0.1) is 0 Å². The summed E-state index contributed by atoms with van der Waals surface area (Å²) < 4.78 is 17.1. The molecule has 1 N–H and O–H groups in total. The number of carbonyl (C=O) groups excluding carboxylic acids is 2. The summed E-state index contributed by atoms with van der Waals surface area (Å²) in [7, 11) is 0. The highest BCUT2D eigenvalue weighted by Crippen LogP contribution is 2.36. The Morgan fingerprint density at radius 1 is 1.12 bits per heavy atom. The van der Waals surface area contributed by atoms with Gasteiger partial charge in [0.05, 0.1) is 12.0 Å². The van der Waals surface area contributed by atoms with E-state index < -0.39 is 0 Å². The number of fused-ring (bicyclic) bond motifs is 1. The summed E-state index contributed by atoms with van der Waals surface area (Å²) in [5.41, 5.74) is 0.732. The minimum atomic E-state index is -0.381. The minimum Gasteiger partial charge on any atom is -0.486 e. The van der Waals surface area contributed by atoms with Crippen LogP contribution in [-0.2, 0) is 9.59 Å². The number of hydrogen-bond donors (Lipinski definition) is 1. The summed E-state index contributed by atoms with van der Waals surface area (Å²) in [5, 5.41) is 3.09. The average Bonchev–Trinajstić information content (AvgIpc) is 3.56. The number of benzene rings is 1. The molecule has 2 amide bonds. The number of nitrogens with one attached hydrogen (secondary N) is 1. The molecule has 1 aromatic heterocycles. The maximum Gasteiger partial charge on any atom is 0.227 e. The molecule has 5 rings (SSSR count). The fourth-order valence-corrected chi connectivity index (χ4v) is 4.77. The number of aryl methyl sites for hydroxylation is 1. The first-order valence-electron chi connectivity index (χ1n) is 11.4. The number of rotatable bonds is 6. The molecule has 8 nitrogen and oxygen atoms in total. The third-order valence-corrected chi connectivity index (χ3v) is 6.47. The van der Waals surface area contributed by atoms with E-state index in [0.29, 0.717) is 37.8 Å². The van der Waals surface area contributed by atoms with Crippen LogP contribution in [0, 0.1) is 12.8 Å². The van der Waals surface area contributed by atoms with Crippen molar-refractivity contribution in [2.45, 2.75) is 32.2 Å². The third kappa shape index (κ3) is 4.19. The molecule has 2 saturated heterocycles. The van der Waals surface area contributed by atoms with Gasteiger partial charge in [-0.25, -0.2) is 0 Å². The lowest BCUT2D eigenvalue weighted by molar-refractivity contribution is -0.126. The van der Waals surface area contributed by atoms with Gasteiger partial charge in [0.15, 0.2) is 11.5 Å². The first kappa shape index (κ1) is 20.9. The van der Waals surface area contributed by atoms with Crippen molar-refractivity contribution in [2.24, 2.45) is 5.92 Å². The van der Waals surface area contributed by atoms with Crippen LogP contribution < -0.4 is 19.7 Å². The van der Waals surface area contributed by atoms with Crippen LogP contribution in [0.3, 0.4) is 0 Å². The van der Waals surface area contributed by atoms with E-state index in [1.165, 1.54) is 0 Å². The Morgan fingerprint density at radius 3 is 2.66 bits per heavy atom. The van der Waals surface area contributed by atoms with E-state index in [1.54, 1.807) is 4.90 Å². The molecule has 32 heavy (non-hydrogen) atoms. The predicted molar refractivity (Wildman–Crippen MR) is 118 cm³/mol. The van der Waals surface area contributed by atoms with Crippen LogP contribution in [0.1, 0.15) is 36.8 Å². The number of nitrogens with zero attached hydrogens (tertiary/aromatic N) is 2. The highest BCUT2D eigenvalue weighted by molar-refractivity contribution is 6.00. The highest BCUT2D eigenvalue weighted by Gasteiger charge is 2.36. The number of anilines is 1. The van der Waals surface area contributed by atoms with Crippen molar-refractivity contribution in [1.82, 2.24) is 10.2 Å². The number of carbonyl (C=O) groups is 2. The molecule has 0 saturated carbocycles. The number of amides is 2. The Bertz CT molecular complexity index is 997. The first-order chi connectivity index (χ1) is 15.6. The topological polar surface area (TPSA) is 84.2 Å². The van der Waals surface area contributed by atoms with Crippen LogP contribution >= 0.6 is 0 Å². The van der Waals surface area contributed by atoms with Crippen LogP contribution in [0.15, 0.2) is 34.7 Å². The summed E-state index contributed by atoms with van der Waals surface area (Å²) >= 11 is 0. The lowest BCUT2D eigenvalue weighted by atomic mass is 10.1. The first-order valence-corrected chi connectivity index (χ1v) is 11.4. The number of ether oxygens (including phenoxy) is 2. The lowest BCUT2D eigenvalue weighted by Crippen LogP contribution is -2.39. The molecular weight excluding hydrogens is 410 g/mol. The number of hydrogen-bond acceptors (Lipinski definition) is 6. The molecular formula is C24H29N3O5. The maximum atomic E-state index is 13.0. The van der Waals surface area contributed by atoms with Crippen molar-refractivity contribution in [1.29, 1.82) is 0 Å². The Labute approximate surface area is 187 Å². The zero-order chi connectivity index (χ0) is 22.1. The number of furan rings is 1. The standard InChI is InChI=1S/C24H29N3O5/c1-16-4-6-20(32-16)19(26-8-2-3-9-26)14-25-24(29)17-12-23(28)27(15-17)18-5-7-21-22(13-18)31-11-10-30-21/h4-7,13,17,19H,2-3,8-12,14-15H2,1H3,(H,25,29). The molecule has 2 fully saturated rings. The summed E-state index contributed by atoms with van der Waals surface area (Å²) in [6.45, 7) is 5.77. The molecule has 4 heterocycles. The fraction of sp³-hybridized carbons (Fsp3) is 0.500. The van der Waals surface area contributed by atoms with Crippen molar-refractivity contribution in [3.05, 3.63) is 41.9 Å². The molecule has 2 atom stereocenters. The maximum absolute atomic E-state index is 13.0. The Kier molecular flexibility index (Phi) is 5.78.